The summed E-state index contributed by atoms with van der Waals surface area (Å²) in [6.45, 7) is 0.919. The molecular formula is C18H14N6O3. The number of fused-ring (bicyclic) bond motifs is 7. The summed E-state index contributed by atoms with van der Waals surface area (Å²) < 4.78 is 13.1. The lowest BCUT2D eigenvalue weighted by Crippen LogP contribution is -2.47. The third-order valence-corrected chi connectivity index (χ3v) is 5.03. The number of nitrogens with zero attached hydrogens (tertiary/aromatic N) is 3. The Labute approximate surface area is 152 Å². The predicted octanol–water partition coefficient (Wildman–Crippen LogP) is 1.20. The van der Waals surface area contributed by atoms with Gasteiger partial charge in [0, 0.05) is 11.6 Å². The van der Waals surface area contributed by atoms with Crippen LogP contribution in [0.15, 0.2) is 41.4 Å². The summed E-state index contributed by atoms with van der Waals surface area (Å²) in [5.41, 5.74) is 7.41. The number of benzene rings is 2. The fraction of sp³-hybridized carbons (Fsp3) is 0.167. The Balaban J connectivity index is 1.70. The minimum atomic E-state index is -1.40. The van der Waals surface area contributed by atoms with Gasteiger partial charge in [0.25, 0.3) is 5.91 Å². The van der Waals surface area contributed by atoms with Crippen LogP contribution in [0, 0.1) is 0 Å². The van der Waals surface area contributed by atoms with Gasteiger partial charge in [-0.1, -0.05) is 12.1 Å². The van der Waals surface area contributed by atoms with Crippen molar-refractivity contribution in [2.45, 2.75) is 5.66 Å². The first-order valence-corrected chi connectivity index (χ1v) is 8.53. The van der Waals surface area contributed by atoms with Gasteiger partial charge in [0.15, 0.2) is 17.5 Å². The second-order valence-corrected chi connectivity index (χ2v) is 6.55. The molecule has 0 fully saturated rings. The molecule has 9 heteroatoms. The van der Waals surface area contributed by atoms with Crippen molar-refractivity contribution in [3.63, 3.8) is 0 Å². The van der Waals surface area contributed by atoms with E-state index in [0.717, 1.165) is 11.0 Å². The number of anilines is 2. The van der Waals surface area contributed by atoms with Crippen LogP contribution < -0.4 is 25.8 Å². The third kappa shape index (κ3) is 1.70. The highest BCUT2D eigenvalue weighted by atomic mass is 16.6. The number of carbonyl (C=O) groups excluding carboxylic acids is 1. The first-order valence-electron chi connectivity index (χ1n) is 8.53. The monoisotopic (exact) mass is 362 g/mol. The van der Waals surface area contributed by atoms with E-state index in [1.165, 1.54) is 0 Å². The number of aliphatic imine (C=N–C) groups is 1. The average molecular weight is 362 g/mol. The predicted molar refractivity (Wildman–Crippen MR) is 98.1 cm³/mol. The number of carbonyl (C=O) groups is 1. The van der Waals surface area contributed by atoms with Crippen molar-refractivity contribution in [1.82, 2.24) is 9.55 Å². The summed E-state index contributed by atoms with van der Waals surface area (Å²) in [5, 5.41) is 5.87. The molecule has 0 radical (unpaired) electrons. The second-order valence-electron chi connectivity index (χ2n) is 6.55. The van der Waals surface area contributed by atoms with E-state index in [-0.39, 0.29) is 11.9 Å². The molecule has 2 aromatic carbocycles. The fourth-order valence-corrected chi connectivity index (χ4v) is 3.95. The molecule has 1 spiro atoms. The van der Waals surface area contributed by atoms with Crippen LogP contribution in [0.5, 0.6) is 11.5 Å². The molecule has 1 aromatic heterocycles. The Kier molecular flexibility index (Phi) is 2.51. The molecule has 1 atom stereocenters. The topological polar surface area (TPSA) is 116 Å². The van der Waals surface area contributed by atoms with E-state index >= 15 is 0 Å². The number of guanidine groups is 1. The van der Waals surface area contributed by atoms with Crippen LogP contribution >= 0.6 is 0 Å². The van der Waals surface area contributed by atoms with Crippen molar-refractivity contribution in [3.8, 4) is 11.5 Å². The highest BCUT2D eigenvalue weighted by molar-refractivity contribution is 6.11. The minimum absolute atomic E-state index is 0.121. The Morgan fingerprint density at radius 2 is 1.89 bits per heavy atom. The Morgan fingerprint density at radius 3 is 2.74 bits per heavy atom. The van der Waals surface area contributed by atoms with E-state index in [4.69, 9.17) is 15.2 Å². The van der Waals surface area contributed by atoms with E-state index in [0.29, 0.717) is 41.9 Å². The second kappa shape index (κ2) is 4.70. The van der Waals surface area contributed by atoms with Gasteiger partial charge in [-0.2, -0.15) is 0 Å². The van der Waals surface area contributed by atoms with Crippen molar-refractivity contribution < 1.29 is 14.3 Å². The van der Waals surface area contributed by atoms with Crippen LogP contribution in [0.1, 0.15) is 5.56 Å². The zero-order chi connectivity index (χ0) is 18.2. The average Bonchev–Trinajstić information content (AvgIpc) is 3.16. The largest absolute Gasteiger partial charge is 0.486 e. The van der Waals surface area contributed by atoms with Gasteiger partial charge in [-0.15, -0.1) is 0 Å². The molecule has 0 saturated carbocycles. The molecule has 134 valence electrons. The van der Waals surface area contributed by atoms with Crippen molar-refractivity contribution in [2.75, 3.05) is 23.8 Å². The van der Waals surface area contributed by atoms with Crippen LogP contribution in [0.4, 0.5) is 11.6 Å². The summed E-state index contributed by atoms with van der Waals surface area (Å²) in [6, 6.07) is 11.1. The standard InChI is InChI=1S/C18H14N6O3/c19-16-22-17-21-10-3-1-2-4-12(10)24(17)18(23-16)9-7-13-14(27-6-5-26-13)8-11(9)20-15(18)25/h1-4,7-8H,5-6H2,(H,20,25)(H3,19,21,22,23)/t18-/m0/s1. The number of para-hydroxylation sites is 2. The number of nitrogens with two attached hydrogens (primary N) is 1. The maximum atomic E-state index is 13.2. The van der Waals surface area contributed by atoms with Gasteiger partial charge in [-0.05, 0) is 18.2 Å². The summed E-state index contributed by atoms with van der Waals surface area (Å²) in [4.78, 5) is 22.4. The van der Waals surface area contributed by atoms with E-state index in [1.807, 2.05) is 24.3 Å². The molecule has 6 rings (SSSR count). The van der Waals surface area contributed by atoms with E-state index < -0.39 is 5.66 Å². The number of ether oxygens (including phenoxy) is 2. The van der Waals surface area contributed by atoms with Gasteiger partial charge in [0.2, 0.25) is 11.6 Å². The number of hydrogen-bond donors (Lipinski definition) is 3. The third-order valence-electron chi connectivity index (χ3n) is 5.03. The normalized spacial score (nSPS) is 22.1. The maximum Gasteiger partial charge on any atom is 0.278 e. The molecule has 0 aliphatic carbocycles. The number of amides is 1. The van der Waals surface area contributed by atoms with Crippen molar-refractivity contribution >= 4 is 34.5 Å². The SMILES string of the molecule is NC1=N[C@]2(C(=O)Nc3cc4c(cc32)OCCO4)n2c(nc3ccccc32)N1. The molecule has 0 bridgehead atoms. The quantitative estimate of drug-likeness (QED) is 0.553. The molecule has 27 heavy (non-hydrogen) atoms. The number of aromatic nitrogens is 2. The molecular weight excluding hydrogens is 348 g/mol. The first kappa shape index (κ1) is 14.4. The van der Waals surface area contributed by atoms with Gasteiger partial charge in [-0.3, -0.25) is 14.7 Å². The number of hydrogen-bond acceptors (Lipinski definition) is 7. The summed E-state index contributed by atoms with van der Waals surface area (Å²) in [7, 11) is 0. The molecule has 3 aliphatic rings. The number of nitrogens with one attached hydrogen (secondary N) is 2. The van der Waals surface area contributed by atoms with Crippen LogP contribution in [-0.2, 0) is 10.5 Å². The molecule has 4 heterocycles. The van der Waals surface area contributed by atoms with Gasteiger partial charge >= 0.3 is 0 Å². The molecule has 0 unspecified atom stereocenters. The molecule has 4 N–H and O–H groups in total. The Bertz CT molecular complexity index is 1180. The smallest absolute Gasteiger partial charge is 0.278 e. The Hall–Kier alpha value is -3.75. The summed E-state index contributed by atoms with van der Waals surface area (Å²) >= 11 is 0. The molecule has 3 aromatic rings. The zero-order valence-corrected chi connectivity index (χ0v) is 14.0. The highest BCUT2D eigenvalue weighted by Gasteiger charge is 2.53. The van der Waals surface area contributed by atoms with Crippen LogP contribution in [0.2, 0.25) is 0 Å². The summed E-state index contributed by atoms with van der Waals surface area (Å²) in [5.74, 6) is 1.44. The Morgan fingerprint density at radius 1 is 1.11 bits per heavy atom. The van der Waals surface area contributed by atoms with Gasteiger partial charge in [0.1, 0.15) is 13.2 Å². The summed E-state index contributed by atoms with van der Waals surface area (Å²) in [6.07, 6.45) is 0. The van der Waals surface area contributed by atoms with E-state index in [1.54, 1.807) is 16.7 Å². The minimum Gasteiger partial charge on any atom is -0.486 e. The lowest BCUT2D eigenvalue weighted by atomic mass is 9.99. The van der Waals surface area contributed by atoms with Gasteiger partial charge in [0.05, 0.1) is 16.7 Å². The first-order chi connectivity index (χ1) is 13.2. The van der Waals surface area contributed by atoms with Gasteiger partial charge < -0.3 is 20.5 Å². The van der Waals surface area contributed by atoms with E-state index in [9.17, 15) is 4.79 Å². The molecule has 1 amide bonds. The van der Waals surface area contributed by atoms with Crippen molar-refractivity contribution in [2.24, 2.45) is 10.7 Å². The van der Waals surface area contributed by atoms with Crippen LogP contribution in [0.25, 0.3) is 11.0 Å². The lowest BCUT2D eigenvalue weighted by Gasteiger charge is -2.31. The van der Waals surface area contributed by atoms with Crippen molar-refractivity contribution in [1.29, 1.82) is 0 Å². The van der Waals surface area contributed by atoms with E-state index in [2.05, 4.69) is 20.6 Å². The van der Waals surface area contributed by atoms with Crippen LogP contribution in [-0.4, -0.2) is 34.6 Å². The molecule has 0 saturated heterocycles. The lowest BCUT2D eigenvalue weighted by molar-refractivity contribution is -0.121. The molecule has 3 aliphatic heterocycles. The van der Waals surface area contributed by atoms with Crippen LogP contribution in [0.3, 0.4) is 0 Å². The zero-order valence-electron chi connectivity index (χ0n) is 14.0. The highest BCUT2D eigenvalue weighted by Crippen LogP contribution is 2.49. The number of rotatable bonds is 0. The molecule has 9 nitrogen and oxygen atoms in total. The maximum absolute atomic E-state index is 13.2. The fourth-order valence-electron chi connectivity index (χ4n) is 3.95. The van der Waals surface area contributed by atoms with Gasteiger partial charge in [-0.25, -0.2) is 9.98 Å². The number of imidazole rings is 1. The van der Waals surface area contributed by atoms with Crippen molar-refractivity contribution in [3.05, 3.63) is 42.0 Å².